The molecule has 21 heavy (non-hydrogen) atoms. The second-order valence-corrected chi connectivity index (χ2v) is 5.20. The van der Waals surface area contributed by atoms with Crippen molar-refractivity contribution in [1.29, 1.82) is 0 Å². The number of carbonyl (C=O) groups excluding carboxylic acids is 1. The fraction of sp³-hybridized carbons (Fsp3) is 0.0667. The lowest BCUT2D eigenvalue weighted by Crippen LogP contribution is -2.05. The fourth-order valence-electron chi connectivity index (χ4n) is 1.74. The third kappa shape index (κ3) is 3.11. The van der Waals surface area contributed by atoms with Crippen LogP contribution in [0.1, 0.15) is 16.1 Å². The number of aromatic nitrogens is 1. The van der Waals surface area contributed by atoms with Gasteiger partial charge in [-0.15, -0.1) is 11.3 Å². The van der Waals surface area contributed by atoms with Gasteiger partial charge in [-0.3, -0.25) is 0 Å². The largest absolute Gasteiger partial charge is 0.508 e. The molecule has 0 atom stereocenters. The maximum atomic E-state index is 11.8. The molecular weight excluding hydrogens is 290 g/mol. The second-order valence-electron chi connectivity index (χ2n) is 4.25. The number of esters is 1. The highest BCUT2D eigenvalue weighted by molar-refractivity contribution is 7.13. The third-order valence-electron chi connectivity index (χ3n) is 2.72. The van der Waals surface area contributed by atoms with Gasteiger partial charge in [-0.1, -0.05) is 12.1 Å². The van der Waals surface area contributed by atoms with E-state index in [-0.39, 0.29) is 17.9 Å². The van der Waals surface area contributed by atoms with Crippen molar-refractivity contribution in [3.8, 4) is 16.5 Å². The highest BCUT2D eigenvalue weighted by Gasteiger charge is 2.11. The second kappa shape index (κ2) is 5.80. The normalized spacial score (nSPS) is 10.5. The Kier molecular flexibility index (Phi) is 3.70. The van der Waals surface area contributed by atoms with E-state index in [4.69, 9.17) is 9.15 Å². The number of oxazole rings is 1. The Hall–Kier alpha value is -2.60. The number of hydrogen-bond donors (Lipinski definition) is 1. The summed E-state index contributed by atoms with van der Waals surface area (Å²) in [5, 5.41) is 11.3. The van der Waals surface area contributed by atoms with Crippen molar-refractivity contribution < 1.29 is 19.1 Å². The molecule has 0 aliphatic heterocycles. The van der Waals surface area contributed by atoms with Crippen LogP contribution in [-0.2, 0) is 11.3 Å². The topological polar surface area (TPSA) is 72.6 Å². The number of ether oxygens (including phenoxy) is 1. The molecule has 1 aromatic carbocycles. The van der Waals surface area contributed by atoms with E-state index >= 15 is 0 Å². The van der Waals surface area contributed by atoms with Gasteiger partial charge in [0.15, 0.2) is 0 Å². The maximum Gasteiger partial charge on any atom is 0.338 e. The van der Waals surface area contributed by atoms with Crippen LogP contribution in [0, 0.1) is 0 Å². The predicted molar refractivity (Wildman–Crippen MR) is 77.0 cm³/mol. The van der Waals surface area contributed by atoms with Gasteiger partial charge < -0.3 is 14.3 Å². The van der Waals surface area contributed by atoms with Crippen molar-refractivity contribution in [3.63, 3.8) is 0 Å². The van der Waals surface area contributed by atoms with Gasteiger partial charge in [0.05, 0.1) is 10.4 Å². The number of benzene rings is 1. The van der Waals surface area contributed by atoms with Gasteiger partial charge in [0.25, 0.3) is 0 Å². The van der Waals surface area contributed by atoms with Crippen molar-refractivity contribution in [2.75, 3.05) is 0 Å². The summed E-state index contributed by atoms with van der Waals surface area (Å²) in [4.78, 5) is 17.0. The summed E-state index contributed by atoms with van der Waals surface area (Å²) in [5.74, 6) is 0.00541. The van der Waals surface area contributed by atoms with Gasteiger partial charge in [0.1, 0.15) is 24.3 Å². The molecule has 106 valence electrons. The molecule has 0 radical (unpaired) electrons. The first-order valence-corrected chi connectivity index (χ1v) is 7.05. The van der Waals surface area contributed by atoms with Gasteiger partial charge >= 0.3 is 5.97 Å². The first-order valence-electron chi connectivity index (χ1n) is 6.17. The third-order valence-corrected chi connectivity index (χ3v) is 3.57. The lowest BCUT2D eigenvalue weighted by atomic mass is 10.2. The van der Waals surface area contributed by atoms with E-state index in [9.17, 15) is 9.90 Å². The Balaban J connectivity index is 1.64. The van der Waals surface area contributed by atoms with E-state index in [0.717, 1.165) is 4.88 Å². The number of hydrogen-bond acceptors (Lipinski definition) is 6. The van der Waals surface area contributed by atoms with Crippen LogP contribution in [0.3, 0.4) is 0 Å². The molecule has 5 nitrogen and oxygen atoms in total. The van der Waals surface area contributed by atoms with Gasteiger partial charge in [-0.05, 0) is 29.6 Å². The van der Waals surface area contributed by atoms with E-state index in [1.807, 2.05) is 17.5 Å². The number of rotatable bonds is 4. The maximum absolute atomic E-state index is 11.8. The minimum atomic E-state index is -0.522. The summed E-state index contributed by atoms with van der Waals surface area (Å²) in [6.45, 7) is 0.0172. The van der Waals surface area contributed by atoms with E-state index in [2.05, 4.69) is 4.98 Å². The van der Waals surface area contributed by atoms with Crippen LogP contribution >= 0.6 is 11.3 Å². The number of aromatic hydroxyl groups is 1. The summed E-state index contributed by atoms with van der Waals surface area (Å²) in [5.41, 5.74) is 0.823. The molecule has 0 amide bonds. The van der Waals surface area contributed by atoms with Crippen molar-refractivity contribution in [1.82, 2.24) is 4.98 Å². The molecule has 0 aliphatic rings. The Bertz CT molecular complexity index is 749. The monoisotopic (exact) mass is 301 g/mol. The summed E-state index contributed by atoms with van der Waals surface area (Å²) >= 11 is 1.52. The molecule has 3 rings (SSSR count). The Morgan fingerprint density at radius 3 is 3.00 bits per heavy atom. The zero-order valence-electron chi connectivity index (χ0n) is 10.9. The van der Waals surface area contributed by atoms with Crippen LogP contribution in [0.4, 0.5) is 0 Å². The molecule has 0 saturated heterocycles. The van der Waals surface area contributed by atoms with Crippen LogP contribution in [0.2, 0.25) is 0 Å². The smallest absolute Gasteiger partial charge is 0.338 e. The van der Waals surface area contributed by atoms with Crippen LogP contribution < -0.4 is 0 Å². The predicted octanol–water partition coefficient (Wildman–Crippen LogP) is 3.47. The Labute approximate surface area is 124 Å². The molecule has 0 saturated carbocycles. The molecule has 2 heterocycles. The molecule has 0 bridgehead atoms. The average Bonchev–Trinajstić information content (AvgIpc) is 3.15. The van der Waals surface area contributed by atoms with Crippen LogP contribution in [0.25, 0.3) is 10.8 Å². The molecule has 2 aromatic heterocycles. The quantitative estimate of drug-likeness (QED) is 0.747. The van der Waals surface area contributed by atoms with Gasteiger partial charge in [-0.2, -0.15) is 0 Å². The lowest BCUT2D eigenvalue weighted by molar-refractivity contribution is 0.0467. The van der Waals surface area contributed by atoms with Crippen LogP contribution in [0.15, 0.2) is 52.5 Å². The highest BCUT2D eigenvalue weighted by atomic mass is 32.1. The average molecular weight is 301 g/mol. The summed E-state index contributed by atoms with van der Waals surface area (Å²) in [6.07, 6.45) is 1.46. The Morgan fingerprint density at radius 2 is 2.24 bits per heavy atom. The first-order chi connectivity index (χ1) is 10.2. The van der Waals surface area contributed by atoms with E-state index in [0.29, 0.717) is 11.6 Å². The number of phenols is 1. The summed E-state index contributed by atoms with van der Waals surface area (Å²) < 4.78 is 10.5. The minimum Gasteiger partial charge on any atom is -0.508 e. The number of nitrogens with zero attached hydrogens (tertiary/aromatic N) is 1. The SMILES string of the molecule is O=C(OCc1coc(-c2cccs2)n1)c1cccc(O)c1. The van der Waals surface area contributed by atoms with Gasteiger partial charge in [-0.25, -0.2) is 9.78 Å². The first kappa shape index (κ1) is 13.4. The molecule has 3 aromatic rings. The zero-order chi connectivity index (χ0) is 14.7. The molecule has 0 spiro atoms. The van der Waals surface area contributed by atoms with E-state index in [1.165, 1.54) is 29.7 Å². The van der Waals surface area contributed by atoms with Crippen LogP contribution in [-0.4, -0.2) is 16.1 Å². The van der Waals surface area contributed by atoms with Crippen molar-refractivity contribution >= 4 is 17.3 Å². The molecule has 0 unspecified atom stereocenters. The van der Waals surface area contributed by atoms with Gasteiger partial charge in [0, 0.05) is 0 Å². The molecule has 0 aliphatic carbocycles. The molecule has 6 heteroatoms. The fourth-order valence-corrected chi connectivity index (χ4v) is 2.40. The Morgan fingerprint density at radius 1 is 1.33 bits per heavy atom. The standard InChI is InChI=1S/C15H11NO4S/c17-12-4-1-3-10(7-12)15(18)20-9-11-8-19-14(16-11)13-5-2-6-21-13/h1-8,17H,9H2. The lowest BCUT2D eigenvalue weighted by Gasteiger charge is -2.02. The number of thiophene rings is 1. The molecular formula is C15H11NO4S. The van der Waals surface area contributed by atoms with Gasteiger partial charge in [0.2, 0.25) is 5.89 Å². The summed E-state index contributed by atoms with van der Waals surface area (Å²) in [6, 6.07) is 9.80. The molecule has 0 fully saturated rings. The highest BCUT2D eigenvalue weighted by Crippen LogP contribution is 2.23. The van der Waals surface area contributed by atoms with Crippen LogP contribution in [0.5, 0.6) is 5.75 Å². The van der Waals surface area contributed by atoms with Crippen molar-refractivity contribution in [3.05, 3.63) is 59.3 Å². The van der Waals surface area contributed by atoms with E-state index < -0.39 is 5.97 Å². The number of carbonyl (C=O) groups is 1. The van der Waals surface area contributed by atoms with Crippen molar-refractivity contribution in [2.45, 2.75) is 6.61 Å². The minimum absolute atomic E-state index is 0.0172. The molecule has 1 N–H and O–H groups in total. The zero-order valence-corrected chi connectivity index (χ0v) is 11.7. The van der Waals surface area contributed by atoms with Crippen molar-refractivity contribution in [2.24, 2.45) is 0 Å². The number of phenolic OH excluding ortho intramolecular Hbond substituents is 1. The van der Waals surface area contributed by atoms with E-state index in [1.54, 1.807) is 12.1 Å². The summed E-state index contributed by atoms with van der Waals surface area (Å²) in [7, 11) is 0.